The van der Waals surface area contributed by atoms with E-state index in [1.807, 2.05) is 6.07 Å². The van der Waals surface area contributed by atoms with Gasteiger partial charge in [0.2, 0.25) is 0 Å². The zero-order valence-corrected chi connectivity index (χ0v) is 19.9. The second-order valence-electron chi connectivity index (χ2n) is 7.44. The monoisotopic (exact) mass is 490 g/mol. The lowest BCUT2D eigenvalue weighted by atomic mass is 10.1. The summed E-state index contributed by atoms with van der Waals surface area (Å²) in [4.78, 5) is 30.1. The summed E-state index contributed by atoms with van der Waals surface area (Å²) in [5, 5.41) is 3.57. The fourth-order valence-electron chi connectivity index (χ4n) is 3.75. The van der Waals surface area contributed by atoms with E-state index < -0.39 is 5.97 Å². The molecule has 0 fully saturated rings. The van der Waals surface area contributed by atoms with Crippen LogP contribution in [0, 0.1) is 6.92 Å². The van der Waals surface area contributed by atoms with E-state index in [0.717, 1.165) is 5.39 Å². The van der Waals surface area contributed by atoms with E-state index in [0.29, 0.717) is 44.5 Å². The number of methoxy groups -OCH3 is 1. The van der Waals surface area contributed by atoms with E-state index in [1.54, 1.807) is 79.3 Å². The van der Waals surface area contributed by atoms with Crippen molar-refractivity contribution in [2.45, 2.75) is 13.3 Å². The van der Waals surface area contributed by atoms with Crippen LogP contribution in [0.1, 0.15) is 21.6 Å². The van der Waals surface area contributed by atoms with E-state index in [-0.39, 0.29) is 12.3 Å². The summed E-state index contributed by atoms with van der Waals surface area (Å²) >= 11 is 10.6. The molecule has 0 radical (unpaired) electrons. The first-order valence-electron chi connectivity index (χ1n) is 10.3. The number of rotatable bonds is 6. The molecule has 4 aromatic rings. The molecule has 0 bridgehead atoms. The van der Waals surface area contributed by atoms with Gasteiger partial charge in [0.25, 0.3) is 5.91 Å². The summed E-state index contributed by atoms with van der Waals surface area (Å²) in [5.74, 6) is 0.311. The third-order valence-electron chi connectivity index (χ3n) is 5.40. The highest BCUT2D eigenvalue weighted by atomic mass is 35.5. The molecular formula is C26H19ClN2O4S. The molecule has 0 saturated carbocycles. The number of carbonyl (C=O) groups excluding carboxylic acids is 2. The van der Waals surface area contributed by atoms with Gasteiger partial charge in [0.1, 0.15) is 11.5 Å². The number of aromatic nitrogens is 1. The van der Waals surface area contributed by atoms with Crippen molar-refractivity contribution in [2.75, 3.05) is 7.11 Å². The average molecular weight is 491 g/mol. The molecule has 6 nitrogen and oxygen atoms in total. The highest BCUT2D eigenvalue weighted by Crippen LogP contribution is 2.31. The molecule has 34 heavy (non-hydrogen) atoms. The molecule has 1 aromatic heterocycles. The maximum Gasteiger partial charge on any atom is 0.315 e. The van der Waals surface area contributed by atoms with Gasteiger partial charge < -0.3 is 9.47 Å². The van der Waals surface area contributed by atoms with Crippen LogP contribution in [0.2, 0.25) is 5.02 Å². The van der Waals surface area contributed by atoms with Crippen LogP contribution in [-0.4, -0.2) is 28.7 Å². The van der Waals surface area contributed by atoms with E-state index in [2.05, 4.69) is 22.4 Å². The highest BCUT2D eigenvalue weighted by Gasteiger charge is 2.22. The van der Waals surface area contributed by atoms with Gasteiger partial charge >= 0.3 is 5.97 Å². The summed E-state index contributed by atoms with van der Waals surface area (Å²) in [7, 11) is 1.56. The number of benzene rings is 3. The average Bonchev–Trinajstić information content (AvgIpc) is 3.11. The van der Waals surface area contributed by atoms with E-state index >= 15 is 0 Å². The Kier molecular flexibility index (Phi) is 6.89. The SMILES string of the molecule is COc1ccc2c(c1)c(CC(=O)Oc1ccc(N=C=S)cc1)c(C)n2C(=O)c1ccc(Cl)cc1. The predicted molar refractivity (Wildman–Crippen MR) is 135 cm³/mol. The minimum atomic E-state index is -0.463. The molecular weight excluding hydrogens is 472 g/mol. The molecule has 0 aliphatic carbocycles. The molecule has 0 unspecified atom stereocenters. The molecule has 0 N–H and O–H groups in total. The standard InChI is InChI=1S/C26H19ClN2O4S/c1-16-22(14-25(30)33-20-9-7-19(8-10-20)28-15-34)23-13-21(32-2)11-12-24(23)29(16)26(31)17-3-5-18(27)6-4-17/h3-13H,14H2,1-2H3. The first kappa shape index (κ1) is 23.4. The molecule has 0 amide bonds. The Morgan fingerprint density at radius 1 is 1.03 bits per heavy atom. The van der Waals surface area contributed by atoms with Gasteiger partial charge in [-0.25, -0.2) is 0 Å². The zero-order valence-electron chi connectivity index (χ0n) is 18.4. The quantitative estimate of drug-likeness (QED) is 0.140. The maximum absolute atomic E-state index is 13.4. The second-order valence-corrected chi connectivity index (χ2v) is 8.06. The molecule has 4 rings (SSSR count). The fraction of sp³-hybridized carbons (Fsp3) is 0.115. The Balaban J connectivity index is 1.70. The Bertz CT molecular complexity index is 1440. The third kappa shape index (κ3) is 4.77. The number of esters is 1. The molecule has 170 valence electrons. The number of hydrogen-bond donors (Lipinski definition) is 0. The van der Waals surface area contributed by atoms with Gasteiger partial charge in [0.05, 0.1) is 29.9 Å². The molecule has 0 aliphatic rings. The molecule has 0 spiro atoms. The van der Waals surface area contributed by atoms with Crippen LogP contribution in [0.25, 0.3) is 10.9 Å². The van der Waals surface area contributed by atoms with E-state index in [9.17, 15) is 9.59 Å². The molecule has 0 aliphatic heterocycles. The molecule has 8 heteroatoms. The molecule has 0 atom stereocenters. The van der Waals surface area contributed by atoms with Gasteiger partial charge in [-0.2, -0.15) is 4.99 Å². The van der Waals surface area contributed by atoms with Gasteiger partial charge in [-0.15, -0.1) is 0 Å². The molecule has 0 saturated heterocycles. The zero-order chi connectivity index (χ0) is 24.2. The highest BCUT2D eigenvalue weighted by molar-refractivity contribution is 7.78. The number of nitrogens with zero attached hydrogens (tertiary/aromatic N) is 2. The van der Waals surface area contributed by atoms with Gasteiger partial charge in [0, 0.05) is 21.7 Å². The van der Waals surface area contributed by atoms with Crippen LogP contribution >= 0.6 is 23.8 Å². The van der Waals surface area contributed by atoms with Crippen molar-refractivity contribution >= 4 is 57.4 Å². The van der Waals surface area contributed by atoms with Crippen molar-refractivity contribution < 1.29 is 19.1 Å². The van der Waals surface area contributed by atoms with Crippen LogP contribution in [0.5, 0.6) is 11.5 Å². The lowest BCUT2D eigenvalue weighted by molar-refractivity contribution is -0.133. The Hall–Kier alpha value is -3.77. The summed E-state index contributed by atoms with van der Waals surface area (Å²) in [5.41, 5.74) is 3.09. The van der Waals surface area contributed by atoms with Crippen molar-refractivity contribution in [1.82, 2.24) is 4.57 Å². The number of halogens is 1. The Morgan fingerprint density at radius 3 is 2.35 bits per heavy atom. The van der Waals surface area contributed by atoms with Gasteiger partial charge in [-0.05, 0) is 91.4 Å². The normalized spacial score (nSPS) is 10.6. The number of isothiocyanates is 1. The van der Waals surface area contributed by atoms with Crippen molar-refractivity contribution in [3.8, 4) is 11.5 Å². The van der Waals surface area contributed by atoms with E-state index in [4.69, 9.17) is 21.1 Å². The first-order chi connectivity index (χ1) is 16.4. The van der Waals surface area contributed by atoms with Gasteiger partial charge in [0.15, 0.2) is 0 Å². The lowest BCUT2D eigenvalue weighted by Gasteiger charge is -2.08. The largest absolute Gasteiger partial charge is 0.497 e. The summed E-state index contributed by atoms with van der Waals surface area (Å²) < 4.78 is 12.5. The first-order valence-corrected chi connectivity index (χ1v) is 11.1. The van der Waals surface area contributed by atoms with Crippen molar-refractivity contribution in [3.63, 3.8) is 0 Å². The molecule has 1 heterocycles. The fourth-order valence-corrected chi connectivity index (χ4v) is 3.98. The van der Waals surface area contributed by atoms with Crippen LogP contribution in [0.4, 0.5) is 5.69 Å². The number of carbonyl (C=O) groups is 2. The number of thiocarbonyl (C=S) groups is 1. The van der Waals surface area contributed by atoms with Crippen LogP contribution in [-0.2, 0) is 11.2 Å². The summed E-state index contributed by atoms with van der Waals surface area (Å²) in [6, 6.07) is 18.7. The number of hydrogen-bond acceptors (Lipinski definition) is 6. The predicted octanol–water partition coefficient (Wildman–Crippen LogP) is 6.18. The van der Waals surface area contributed by atoms with Gasteiger partial charge in [-0.3, -0.25) is 14.2 Å². The second kappa shape index (κ2) is 10.0. The Morgan fingerprint density at radius 2 is 1.71 bits per heavy atom. The van der Waals surface area contributed by atoms with Crippen LogP contribution in [0.15, 0.2) is 71.7 Å². The van der Waals surface area contributed by atoms with Gasteiger partial charge in [-0.1, -0.05) is 11.6 Å². The van der Waals surface area contributed by atoms with Crippen molar-refractivity contribution in [2.24, 2.45) is 4.99 Å². The maximum atomic E-state index is 13.4. The summed E-state index contributed by atoms with van der Waals surface area (Å²) in [6.07, 6.45) is -0.0315. The third-order valence-corrected chi connectivity index (χ3v) is 5.74. The number of fused-ring (bicyclic) bond motifs is 1. The number of ether oxygens (including phenoxy) is 2. The smallest absolute Gasteiger partial charge is 0.315 e. The van der Waals surface area contributed by atoms with Crippen molar-refractivity contribution in [3.05, 3.63) is 88.6 Å². The number of aliphatic imine (C=N–C) groups is 1. The van der Waals surface area contributed by atoms with Crippen LogP contribution in [0.3, 0.4) is 0 Å². The lowest BCUT2D eigenvalue weighted by Crippen LogP contribution is -2.15. The van der Waals surface area contributed by atoms with E-state index in [1.165, 1.54) is 0 Å². The topological polar surface area (TPSA) is 69.9 Å². The minimum absolute atomic E-state index is 0.0315. The minimum Gasteiger partial charge on any atom is -0.497 e. The summed E-state index contributed by atoms with van der Waals surface area (Å²) in [6.45, 7) is 1.81. The molecule has 3 aromatic carbocycles. The van der Waals surface area contributed by atoms with Crippen molar-refractivity contribution in [1.29, 1.82) is 0 Å². The Labute approximate surface area is 206 Å². The van der Waals surface area contributed by atoms with Crippen LogP contribution < -0.4 is 9.47 Å².